The molecule has 1 aromatic rings. The zero-order chi connectivity index (χ0) is 15.5. The van der Waals surface area contributed by atoms with E-state index in [1.807, 2.05) is 13.0 Å². The van der Waals surface area contributed by atoms with Gasteiger partial charge in [0.2, 0.25) is 0 Å². The van der Waals surface area contributed by atoms with Crippen LogP contribution >= 0.6 is 0 Å². The molecule has 1 aliphatic rings. The normalized spacial score (nSPS) is 20.0. The highest BCUT2D eigenvalue weighted by atomic mass is 32.2. The number of hydrogen-bond donors (Lipinski definition) is 1. The molecular weight excluding hydrogens is 292 g/mol. The molecule has 1 aliphatic heterocycles. The molecule has 21 heavy (non-hydrogen) atoms. The predicted octanol–water partition coefficient (Wildman–Crippen LogP) is 1.74. The first kappa shape index (κ1) is 15.6. The Kier molecular flexibility index (Phi) is 4.72. The van der Waals surface area contributed by atoms with Gasteiger partial charge in [-0.15, -0.1) is 0 Å². The fourth-order valence-corrected chi connectivity index (χ4v) is 4.08. The Hall–Kier alpha value is -1.76. The van der Waals surface area contributed by atoms with Gasteiger partial charge in [0.1, 0.15) is 5.75 Å². The maximum atomic E-state index is 12.2. The van der Waals surface area contributed by atoms with Crippen LogP contribution in [0.15, 0.2) is 24.3 Å². The summed E-state index contributed by atoms with van der Waals surface area (Å²) < 4.78 is 28.4. The Bertz CT molecular complexity index is 615. The Labute approximate surface area is 125 Å². The van der Waals surface area contributed by atoms with Gasteiger partial charge in [-0.1, -0.05) is 12.1 Å². The molecule has 2 rings (SSSR count). The van der Waals surface area contributed by atoms with Crippen LogP contribution in [0.5, 0.6) is 5.75 Å². The second kappa shape index (κ2) is 6.34. The van der Waals surface area contributed by atoms with Crippen LogP contribution in [-0.4, -0.2) is 50.6 Å². The minimum absolute atomic E-state index is 0.0318. The maximum Gasteiger partial charge on any atom is 0.321 e. The van der Waals surface area contributed by atoms with E-state index < -0.39 is 9.84 Å². The highest BCUT2D eigenvalue weighted by Crippen LogP contribution is 2.25. The smallest absolute Gasteiger partial charge is 0.321 e. The summed E-state index contributed by atoms with van der Waals surface area (Å²) in [7, 11) is -1.39. The van der Waals surface area contributed by atoms with Crippen molar-refractivity contribution in [2.75, 3.05) is 30.5 Å². The summed E-state index contributed by atoms with van der Waals surface area (Å²) in [5.74, 6) is 0.773. The van der Waals surface area contributed by atoms with E-state index in [1.54, 1.807) is 25.2 Å². The van der Waals surface area contributed by atoms with Gasteiger partial charge in [-0.2, -0.15) is 0 Å². The quantitative estimate of drug-likeness (QED) is 0.919. The van der Waals surface area contributed by atoms with Crippen LogP contribution in [-0.2, 0) is 9.84 Å². The molecule has 0 aliphatic carbocycles. The van der Waals surface area contributed by atoms with E-state index in [0.29, 0.717) is 24.5 Å². The predicted molar refractivity (Wildman–Crippen MR) is 81.5 cm³/mol. The molecule has 1 aromatic carbocycles. The molecule has 1 heterocycles. The van der Waals surface area contributed by atoms with Crippen molar-refractivity contribution in [2.24, 2.45) is 0 Å². The number of urea groups is 1. The number of ether oxygens (including phenoxy) is 1. The van der Waals surface area contributed by atoms with Crippen LogP contribution in [0.4, 0.5) is 10.5 Å². The van der Waals surface area contributed by atoms with Crippen molar-refractivity contribution in [3.05, 3.63) is 24.3 Å². The molecule has 2 amide bonds. The van der Waals surface area contributed by atoms with E-state index in [-0.39, 0.29) is 23.6 Å². The van der Waals surface area contributed by atoms with Gasteiger partial charge < -0.3 is 15.0 Å². The minimum atomic E-state index is -3.01. The van der Waals surface area contributed by atoms with Crippen molar-refractivity contribution in [1.29, 1.82) is 0 Å². The van der Waals surface area contributed by atoms with E-state index in [0.717, 1.165) is 0 Å². The molecule has 1 fully saturated rings. The first-order valence-corrected chi connectivity index (χ1v) is 8.71. The molecule has 0 saturated carbocycles. The number of sulfone groups is 1. The molecule has 0 bridgehead atoms. The first-order valence-electron chi connectivity index (χ1n) is 6.89. The van der Waals surface area contributed by atoms with Crippen molar-refractivity contribution in [1.82, 2.24) is 4.90 Å². The van der Waals surface area contributed by atoms with E-state index in [1.165, 1.54) is 4.90 Å². The Balaban J connectivity index is 2.04. The van der Waals surface area contributed by atoms with E-state index in [2.05, 4.69) is 5.32 Å². The molecule has 0 aromatic heterocycles. The highest BCUT2D eigenvalue weighted by molar-refractivity contribution is 7.91. The molecule has 1 N–H and O–H groups in total. The van der Waals surface area contributed by atoms with Crippen molar-refractivity contribution < 1.29 is 17.9 Å². The van der Waals surface area contributed by atoms with Crippen molar-refractivity contribution in [2.45, 2.75) is 19.4 Å². The molecule has 6 nitrogen and oxygen atoms in total. The third-order valence-corrected chi connectivity index (χ3v) is 5.26. The molecule has 116 valence electrons. The number of nitrogens with one attached hydrogen (secondary N) is 1. The van der Waals surface area contributed by atoms with Gasteiger partial charge >= 0.3 is 6.03 Å². The summed E-state index contributed by atoms with van der Waals surface area (Å²) >= 11 is 0. The summed E-state index contributed by atoms with van der Waals surface area (Å²) in [6.45, 7) is 2.37. The summed E-state index contributed by atoms with van der Waals surface area (Å²) in [4.78, 5) is 13.7. The standard InChI is InChI=1S/C14H20N2O4S/c1-3-20-13-7-5-4-6-12(13)15-14(17)16(2)11-8-9-21(18,19)10-11/h4-7,11H,3,8-10H2,1-2H3,(H,15,17). The topological polar surface area (TPSA) is 75.7 Å². The minimum Gasteiger partial charge on any atom is -0.492 e. The monoisotopic (exact) mass is 312 g/mol. The van der Waals surface area contributed by atoms with Crippen LogP contribution in [0.1, 0.15) is 13.3 Å². The van der Waals surface area contributed by atoms with Gasteiger partial charge in [0.15, 0.2) is 9.84 Å². The lowest BCUT2D eigenvalue weighted by molar-refractivity contribution is 0.209. The maximum absolute atomic E-state index is 12.2. The van der Waals surface area contributed by atoms with Crippen LogP contribution in [0, 0.1) is 0 Å². The van der Waals surface area contributed by atoms with Crippen LogP contribution < -0.4 is 10.1 Å². The van der Waals surface area contributed by atoms with Gasteiger partial charge in [0.05, 0.1) is 23.8 Å². The van der Waals surface area contributed by atoms with Gasteiger partial charge in [-0.05, 0) is 25.5 Å². The van der Waals surface area contributed by atoms with Crippen molar-refractivity contribution >= 4 is 21.6 Å². The largest absolute Gasteiger partial charge is 0.492 e. The number of benzene rings is 1. The average molecular weight is 312 g/mol. The van der Waals surface area contributed by atoms with E-state index >= 15 is 0 Å². The zero-order valence-corrected chi connectivity index (χ0v) is 13.0. The Morgan fingerprint density at radius 2 is 2.14 bits per heavy atom. The summed E-state index contributed by atoms with van der Waals surface area (Å²) in [5, 5.41) is 2.77. The lowest BCUT2D eigenvalue weighted by Gasteiger charge is -2.24. The molecule has 1 atom stereocenters. The number of hydrogen-bond acceptors (Lipinski definition) is 4. The molecule has 1 saturated heterocycles. The SMILES string of the molecule is CCOc1ccccc1NC(=O)N(C)C1CCS(=O)(=O)C1. The highest BCUT2D eigenvalue weighted by Gasteiger charge is 2.32. The van der Waals surface area contributed by atoms with Crippen molar-refractivity contribution in [3.63, 3.8) is 0 Å². The second-order valence-electron chi connectivity index (χ2n) is 5.03. The zero-order valence-electron chi connectivity index (χ0n) is 12.2. The number of amides is 2. The summed E-state index contributed by atoms with van der Waals surface area (Å²) in [6.07, 6.45) is 0.485. The molecule has 7 heteroatoms. The number of carbonyl (C=O) groups excluding carboxylic acids is 1. The van der Waals surface area contributed by atoms with Crippen LogP contribution in [0.3, 0.4) is 0 Å². The lowest BCUT2D eigenvalue weighted by Crippen LogP contribution is -2.40. The van der Waals surface area contributed by atoms with Crippen molar-refractivity contribution in [3.8, 4) is 5.75 Å². The number of rotatable bonds is 4. The summed E-state index contributed by atoms with van der Waals surface area (Å²) in [5.41, 5.74) is 0.581. The fraction of sp³-hybridized carbons (Fsp3) is 0.500. The fourth-order valence-electron chi connectivity index (χ4n) is 2.30. The average Bonchev–Trinajstić information content (AvgIpc) is 2.80. The molecular formula is C14H20N2O4S. The third-order valence-electron chi connectivity index (χ3n) is 3.50. The van der Waals surface area contributed by atoms with Gasteiger partial charge in [0.25, 0.3) is 0 Å². The number of nitrogens with zero attached hydrogens (tertiary/aromatic N) is 1. The van der Waals surface area contributed by atoms with Gasteiger partial charge in [0, 0.05) is 13.1 Å². The Morgan fingerprint density at radius 1 is 1.43 bits per heavy atom. The third kappa shape index (κ3) is 3.87. The van der Waals surface area contributed by atoms with Crippen LogP contribution in [0.25, 0.3) is 0 Å². The number of para-hydroxylation sites is 2. The molecule has 1 unspecified atom stereocenters. The van der Waals surface area contributed by atoms with Gasteiger partial charge in [-0.3, -0.25) is 0 Å². The van der Waals surface area contributed by atoms with Gasteiger partial charge in [-0.25, -0.2) is 13.2 Å². The van der Waals surface area contributed by atoms with Crippen LogP contribution in [0.2, 0.25) is 0 Å². The lowest BCUT2D eigenvalue weighted by atomic mass is 10.2. The Morgan fingerprint density at radius 3 is 2.76 bits per heavy atom. The number of carbonyl (C=O) groups is 1. The molecule has 0 radical (unpaired) electrons. The first-order chi connectivity index (χ1) is 9.93. The van der Waals surface area contributed by atoms with E-state index in [4.69, 9.17) is 4.74 Å². The summed E-state index contributed by atoms with van der Waals surface area (Å²) in [6, 6.07) is 6.56. The molecule has 0 spiro atoms. The van der Waals surface area contributed by atoms with E-state index in [9.17, 15) is 13.2 Å². The number of anilines is 1. The second-order valence-corrected chi connectivity index (χ2v) is 7.26.